The Kier molecular flexibility index (Phi) is 4.58. The van der Waals surface area contributed by atoms with E-state index in [9.17, 15) is 5.11 Å². The van der Waals surface area contributed by atoms with Crippen molar-refractivity contribution in [2.75, 3.05) is 0 Å². The molecule has 6 heteroatoms. The molecular weight excluding hydrogens is 332 g/mol. The van der Waals surface area contributed by atoms with Crippen LogP contribution in [0.1, 0.15) is 57.2 Å². The Labute approximate surface area is 134 Å². The molecule has 2 heterocycles. The van der Waals surface area contributed by atoms with Gasteiger partial charge in [-0.05, 0) is 22.4 Å². The van der Waals surface area contributed by atoms with Gasteiger partial charge < -0.3 is 5.11 Å². The first-order valence-corrected chi connectivity index (χ1v) is 7.98. The van der Waals surface area contributed by atoms with Gasteiger partial charge in [0.2, 0.25) is 0 Å². The third kappa shape index (κ3) is 3.21. The quantitative estimate of drug-likeness (QED) is 0.917. The average Bonchev–Trinajstić information content (AvgIpc) is 2.93. The maximum atomic E-state index is 10.9. The minimum Gasteiger partial charge on any atom is -0.382 e. The van der Waals surface area contributed by atoms with E-state index in [1.165, 1.54) is 0 Å². The predicted molar refractivity (Wildman–Crippen MR) is 86.2 cm³/mol. The summed E-state index contributed by atoms with van der Waals surface area (Å²) in [7, 11) is 1.88. The summed E-state index contributed by atoms with van der Waals surface area (Å²) in [6.07, 6.45) is 3.85. The molecule has 0 aliphatic rings. The van der Waals surface area contributed by atoms with Gasteiger partial charge in [0, 0.05) is 30.8 Å². The number of aryl methyl sites for hydroxylation is 2. The molecule has 21 heavy (non-hydrogen) atoms. The molecule has 0 amide bonds. The van der Waals surface area contributed by atoms with Crippen LogP contribution in [0, 0.1) is 0 Å². The van der Waals surface area contributed by atoms with E-state index in [1.807, 2.05) is 17.9 Å². The molecule has 0 spiro atoms. The largest absolute Gasteiger partial charge is 0.382 e. The van der Waals surface area contributed by atoms with E-state index >= 15 is 0 Å². The van der Waals surface area contributed by atoms with E-state index in [0.717, 1.165) is 34.4 Å². The van der Waals surface area contributed by atoms with Crippen LogP contribution in [0.4, 0.5) is 0 Å². The van der Waals surface area contributed by atoms with Crippen LogP contribution in [-0.4, -0.2) is 24.7 Å². The Bertz CT molecular complexity index is 624. The number of hydrogen-bond acceptors (Lipinski definition) is 3. The molecule has 2 rings (SSSR count). The van der Waals surface area contributed by atoms with E-state index < -0.39 is 6.10 Å². The molecule has 0 saturated heterocycles. The normalized spacial score (nSPS) is 13.7. The van der Waals surface area contributed by atoms with Gasteiger partial charge in [0.15, 0.2) is 0 Å². The summed E-state index contributed by atoms with van der Waals surface area (Å²) in [5.41, 5.74) is 2.41. The van der Waals surface area contributed by atoms with Gasteiger partial charge in [-0.1, -0.05) is 27.7 Å². The van der Waals surface area contributed by atoms with Crippen molar-refractivity contribution >= 4 is 15.9 Å². The van der Waals surface area contributed by atoms with Crippen LogP contribution in [0.2, 0.25) is 0 Å². The van der Waals surface area contributed by atoms with Crippen LogP contribution in [0.3, 0.4) is 0 Å². The Morgan fingerprint density at radius 2 is 2.05 bits per heavy atom. The van der Waals surface area contributed by atoms with Gasteiger partial charge in [0.1, 0.15) is 6.10 Å². The molecule has 0 radical (unpaired) electrons. The number of aliphatic hydroxyl groups excluding tert-OH is 1. The second kappa shape index (κ2) is 5.93. The van der Waals surface area contributed by atoms with Gasteiger partial charge in [-0.3, -0.25) is 9.36 Å². The number of aliphatic hydroxyl groups is 1. The van der Waals surface area contributed by atoms with Crippen molar-refractivity contribution < 1.29 is 5.11 Å². The Morgan fingerprint density at radius 1 is 1.38 bits per heavy atom. The highest BCUT2D eigenvalue weighted by Crippen LogP contribution is 2.34. The summed E-state index contributed by atoms with van der Waals surface area (Å²) in [5.74, 6) is 0. The first-order valence-electron chi connectivity index (χ1n) is 7.19. The van der Waals surface area contributed by atoms with Gasteiger partial charge in [0.05, 0.1) is 22.1 Å². The van der Waals surface area contributed by atoms with Crippen LogP contribution in [-0.2, 0) is 19.0 Å². The summed E-state index contributed by atoms with van der Waals surface area (Å²) in [6.45, 7) is 9.18. The minimum atomic E-state index is -0.739. The van der Waals surface area contributed by atoms with E-state index in [1.54, 1.807) is 10.9 Å². The van der Waals surface area contributed by atoms with Crippen LogP contribution in [0.5, 0.6) is 0 Å². The van der Waals surface area contributed by atoms with Gasteiger partial charge in [-0.15, -0.1) is 0 Å². The van der Waals surface area contributed by atoms with E-state index in [0.29, 0.717) is 0 Å². The molecule has 116 valence electrons. The fraction of sp³-hybridized carbons (Fsp3) is 0.600. The number of rotatable bonds is 4. The number of nitrogens with zero attached hydrogens (tertiary/aromatic N) is 4. The van der Waals surface area contributed by atoms with E-state index in [-0.39, 0.29) is 5.41 Å². The van der Waals surface area contributed by atoms with Gasteiger partial charge >= 0.3 is 0 Å². The zero-order valence-electron chi connectivity index (χ0n) is 13.3. The average molecular weight is 355 g/mol. The van der Waals surface area contributed by atoms with Crippen LogP contribution >= 0.6 is 15.9 Å². The molecule has 1 N–H and O–H groups in total. The summed E-state index contributed by atoms with van der Waals surface area (Å²) in [5, 5.41) is 19.7. The first kappa shape index (κ1) is 16.2. The molecule has 1 unspecified atom stereocenters. The minimum absolute atomic E-state index is 0.125. The molecule has 1 atom stereocenters. The van der Waals surface area contributed by atoms with Gasteiger partial charge in [0.25, 0.3) is 0 Å². The lowest BCUT2D eigenvalue weighted by molar-refractivity contribution is 0.204. The molecule has 0 aromatic carbocycles. The van der Waals surface area contributed by atoms with E-state index in [4.69, 9.17) is 0 Å². The molecule has 2 aromatic rings. The maximum Gasteiger partial charge on any atom is 0.125 e. The lowest BCUT2D eigenvalue weighted by Gasteiger charge is -2.20. The lowest BCUT2D eigenvalue weighted by atomic mass is 9.87. The van der Waals surface area contributed by atoms with Gasteiger partial charge in [-0.2, -0.15) is 10.2 Å². The van der Waals surface area contributed by atoms with Crippen molar-refractivity contribution in [2.24, 2.45) is 7.05 Å². The molecule has 0 saturated carbocycles. The van der Waals surface area contributed by atoms with Crippen LogP contribution in [0.25, 0.3) is 0 Å². The van der Waals surface area contributed by atoms with Crippen molar-refractivity contribution in [1.29, 1.82) is 0 Å². The summed E-state index contributed by atoms with van der Waals surface area (Å²) in [4.78, 5) is 0. The second-order valence-corrected chi connectivity index (χ2v) is 7.21. The smallest absolute Gasteiger partial charge is 0.125 e. The second-order valence-electron chi connectivity index (χ2n) is 6.36. The van der Waals surface area contributed by atoms with Crippen LogP contribution < -0.4 is 0 Å². The van der Waals surface area contributed by atoms with Crippen LogP contribution in [0.15, 0.2) is 16.9 Å². The topological polar surface area (TPSA) is 55.9 Å². The highest BCUT2D eigenvalue weighted by Gasteiger charge is 2.29. The molecular formula is C15H23BrN4O. The number of aromatic nitrogens is 4. The molecule has 0 aliphatic heterocycles. The zero-order valence-corrected chi connectivity index (χ0v) is 14.8. The Morgan fingerprint density at radius 3 is 2.62 bits per heavy atom. The summed E-state index contributed by atoms with van der Waals surface area (Å²) >= 11 is 3.50. The molecule has 0 fully saturated rings. The zero-order chi connectivity index (χ0) is 15.8. The summed E-state index contributed by atoms with van der Waals surface area (Å²) < 4.78 is 4.44. The fourth-order valence-electron chi connectivity index (χ4n) is 2.47. The van der Waals surface area contributed by atoms with Crippen molar-refractivity contribution in [3.8, 4) is 0 Å². The Balaban J connectivity index is 2.50. The predicted octanol–water partition coefficient (Wildman–Crippen LogP) is 3.17. The number of hydrogen-bond donors (Lipinski definition) is 1. The standard InChI is InChI=1S/C15H23BrN4O/c1-6-7-20-12(11(16)8-17-20)13(21)10-9-19(5)18-14(10)15(2,3)4/h8-9,13,21H,6-7H2,1-5H3. The van der Waals surface area contributed by atoms with Crippen molar-refractivity contribution in [2.45, 2.75) is 52.2 Å². The lowest BCUT2D eigenvalue weighted by Crippen LogP contribution is -2.18. The monoisotopic (exact) mass is 354 g/mol. The molecule has 2 aromatic heterocycles. The maximum absolute atomic E-state index is 10.9. The first-order chi connectivity index (χ1) is 9.75. The molecule has 5 nitrogen and oxygen atoms in total. The van der Waals surface area contributed by atoms with Crippen molar-refractivity contribution in [3.05, 3.63) is 33.8 Å². The molecule has 0 aliphatic carbocycles. The van der Waals surface area contributed by atoms with E-state index in [2.05, 4.69) is 53.8 Å². The van der Waals surface area contributed by atoms with Gasteiger partial charge in [-0.25, -0.2) is 0 Å². The molecule has 0 bridgehead atoms. The van der Waals surface area contributed by atoms with Crippen molar-refractivity contribution in [3.63, 3.8) is 0 Å². The SMILES string of the molecule is CCCn1ncc(Br)c1C(O)c1cn(C)nc1C(C)(C)C. The third-order valence-corrected chi connectivity index (χ3v) is 4.00. The third-order valence-electron chi connectivity index (χ3n) is 3.39. The highest BCUT2D eigenvalue weighted by molar-refractivity contribution is 9.10. The van der Waals surface area contributed by atoms with Crippen molar-refractivity contribution in [1.82, 2.24) is 19.6 Å². The Hall–Kier alpha value is -1.14. The summed E-state index contributed by atoms with van der Waals surface area (Å²) in [6, 6.07) is 0. The number of halogens is 1. The fourth-order valence-corrected chi connectivity index (χ4v) is 2.98. The highest BCUT2D eigenvalue weighted by atomic mass is 79.9.